The van der Waals surface area contributed by atoms with E-state index in [4.69, 9.17) is 0 Å². The van der Waals surface area contributed by atoms with Crippen LogP contribution in [0.15, 0.2) is 40.1 Å². The number of carbonyl (C=O) groups excluding carboxylic acids is 1. The summed E-state index contributed by atoms with van der Waals surface area (Å²) in [5.74, 6) is -0.0736. The van der Waals surface area contributed by atoms with Crippen LogP contribution in [-0.2, 0) is 21.4 Å². The first-order valence-corrected chi connectivity index (χ1v) is 9.99. The molecular weight excluding hydrogens is 346 g/mol. The molecule has 1 amide bonds. The molecule has 0 aliphatic heterocycles. The zero-order valence-corrected chi connectivity index (χ0v) is 15.4. The molecule has 0 aliphatic rings. The average Bonchev–Trinajstić information content (AvgIpc) is 3.05. The van der Waals surface area contributed by atoms with Gasteiger partial charge in [-0.15, -0.1) is 11.3 Å². The number of nitrogens with one attached hydrogen (secondary N) is 2. The third-order valence-corrected chi connectivity index (χ3v) is 5.70. The zero-order valence-electron chi connectivity index (χ0n) is 13.8. The van der Waals surface area contributed by atoms with Crippen molar-refractivity contribution in [1.29, 1.82) is 0 Å². The highest BCUT2D eigenvalue weighted by Crippen LogP contribution is 2.17. The number of aromatic nitrogens is 1. The van der Waals surface area contributed by atoms with Crippen LogP contribution >= 0.6 is 11.3 Å². The predicted octanol–water partition coefficient (Wildman–Crippen LogP) is 2.25. The van der Waals surface area contributed by atoms with E-state index in [1.54, 1.807) is 29.8 Å². The molecule has 0 radical (unpaired) electrons. The number of hydrogen-bond acceptors (Lipinski definition) is 5. The molecule has 1 aromatic carbocycles. The standard InChI is InChI=1S/C16H21N3O3S2/c1-11(2)13-4-6-15(7-5-13)24(21,22)19-12(3)16(20)17-8-14-9-23-10-18-14/h4-7,9-12,19H,8H2,1-3H3,(H,17,20)/t12-/m0/s1. The molecule has 0 unspecified atom stereocenters. The van der Waals surface area contributed by atoms with Gasteiger partial charge in [-0.05, 0) is 30.5 Å². The summed E-state index contributed by atoms with van der Waals surface area (Å²) >= 11 is 1.44. The molecule has 24 heavy (non-hydrogen) atoms. The summed E-state index contributed by atoms with van der Waals surface area (Å²) in [6.07, 6.45) is 0. The maximum absolute atomic E-state index is 12.4. The highest BCUT2D eigenvalue weighted by Gasteiger charge is 2.22. The summed E-state index contributed by atoms with van der Waals surface area (Å²) in [6.45, 7) is 5.86. The smallest absolute Gasteiger partial charge is 0.241 e. The Balaban J connectivity index is 1.98. The van der Waals surface area contributed by atoms with Crippen molar-refractivity contribution in [1.82, 2.24) is 15.0 Å². The van der Waals surface area contributed by atoms with Crippen molar-refractivity contribution in [3.8, 4) is 0 Å². The van der Waals surface area contributed by atoms with E-state index in [1.165, 1.54) is 18.3 Å². The first-order chi connectivity index (χ1) is 11.3. The molecule has 0 saturated heterocycles. The minimum atomic E-state index is -3.74. The lowest BCUT2D eigenvalue weighted by molar-refractivity contribution is -0.122. The summed E-state index contributed by atoms with van der Waals surface area (Å²) in [7, 11) is -3.74. The summed E-state index contributed by atoms with van der Waals surface area (Å²) < 4.78 is 27.1. The molecule has 0 aliphatic carbocycles. The summed E-state index contributed by atoms with van der Waals surface area (Å²) in [5.41, 5.74) is 3.48. The molecular formula is C16H21N3O3S2. The van der Waals surface area contributed by atoms with Crippen LogP contribution in [-0.4, -0.2) is 25.4 Å². The van der Waals surface area contributed by atoms with Gasteiger partial charge in [0.25, 0.3) is 0 Å². The third kappa shape index (κ3) is 4.86. The topological polar surface area (TPSA) is 88.2 Å². The summed E-state index contributed by atoms with van der Waals surface area (Å²) in [6, 6.07) is 5.80. The van der Waals surface area contributed by atoms with Crippen molar-refractivity contribution in [2.45, 2.75) is 44.2 Å². The molecule has 0 spiro atoms. The largest absolute Gasteiger partial charge is 0.349 e. The van der Waals surface area contributed by atoms with Gasteiger partial charge in [0.1, 0.15) is 0 Å². The van der Waals surface area contributed by atoms with Crippen LogP contribution in [0.2, 0.25) is 0 Å². The van der Waals surface area contributed by atoms with Gasteiger partial charge in [0.2, 0.25) is 15.9 Å². The number of hydrogen-bond donors (Lipinski definition) is 2. The quantitative estimate of drug-likeness (QED) is 0.786. The molecule has 2 N–H and O–H groups in total. The minimum Gasteiger partial charge on any atom is -0.349 e. The highest BCUT2D eigenvalue weighted by molar-refractivity contribution is 7.89. The maximum atomic E-state index is 12.4. The molecule has 130 valence electrons. The Hall–Kier alpha value is -1.77. The minimum absolute atomic E-state index is 0.144. The molecule has 0 bridgehead atoms. The van der Waals surface area contributed by atoms with E-state index in [0.29, 0.717) is 5.92 Å². The van der Waals surface area contributed by atoms with Crippen molar-refractivity contribution in [2.24, 2.45) is 0 Å². The number of amides is 1. The molecule has 1 aromatic heterocycles. The normalized spacial score (nSPS) is 13.0. The van der Waals surface area contributed by atoms with Crippen LogP contribution in [0, 0.1) is 0 Å². The van der Waals surface area contributed by atoms with E-state index < -0.39 is 22.0 Å². The van der Waals surface area contributed by atoms with Crippen molar-refractivity contribution >= 4 is 27.3 Å². The number of thiazole rings is 1. The first-order valence-electron chi connectivity index (χ1n) is 7.56. The molecule has 6 nitrogen and oxygen atoms in total. The predicted molar refractivity (Wildman–Crippen MR) is 94.3 cm³/mol. The van der Waals surface area contributed by atoms with Crippen LogP contribution in [0.5, 0.6) is 0 Å². The monoisotopic (exact) mass is 367 g/mol. The second-order valence-corrected chi connectivity index (χ2v) is 8.20. The Morgan fingerprint density at radius 3 is 2.42 bits per heavy atom. The van der Waals surface area contributed by atoms with Gasteiger partial charge < -0.3 is 5.32 Å². The fourth-order valence-corrected chi connectivity index (χ4v) is 3.80. The van der Waals surface area contributed by atoms with Crippen LogP contribution in [0.1, 0.15) is 37.9 Å². The number of benzene rings is 1. The SMILES string of the molecule is CC(C)c1ccc(S(=O)(=O)N[C@@H](C)C(=O)NCc2cscn2)cc1. The Bertz CT molecular complexity index is 769. The maximum Gasteiger partial charge on any atom is 0.241 e. The Kier molecular flexibility index (Phi) is 6.09. The van der Waals surface area contributed by atoms with Crippen molar-refractivity contribution in [3.05, 3.63) is 46.4 Å². The summed E-state index contributed by atoms with van der Waals surface area (Å²) in [4.78, 5) is 16.2. The van der Waals surface area contributed by atoms with Gasteiger partial charge >= 0.3 is 0 Å². The van der Waals surface area contributed by atoms with E-state index in [9.17, 15) is 13.2 Å². The summed E-state index contributed by atoms with van der Waals surface area (Å²) in [5, 5.41) is 4.49. The Labute approximate surface area is 146 Å². The average molecular weight is 367 g/mol. The number of carbonyl (C=O) groups is 1. The van der Waals surface area contributed by atoms with E-state index >= 15 is 0 Å². The van der Waals surface area contributed by atoms with E-state index in [1.807, 2.05) is 19.2 Å². The lowest BCUT2D eigenvalue weighted by Crippen LogP contribution is -2.44. The molecule has 1 atom stereocenters. The second kappa shape index (κ2) is 7.87. The highest BCUT2D eigenvalue weighted by atomic mass is 32.2. The van der Waals surface area contributed by atoms with E-state index in [0.717, 1.165) is 11.3 Å². The van der Waals surface area contributed by atoms with Gasteiger partial charge in [-0.1, -0.05) is 26.0 Å². The lowest BCUT2D eigenvalue weighted by atomic mass is 10.0. The van der Waals surface area contributed by atoms with Gasteiger partial charge in [-0.25, -0.2) is 13.4 Å². The molecule has 0 saturated carbocycles. The van der Waals surface area contributed by atoms with Crippen LogP contribution in [0.4, 0.5) is 0 Å². The number of sulfonamides is 1. The fourth-order valence-electron chi connectivity index (χ4n) is 2.04. The van der Waals surface area contributed by atoms with Crippen LogP contribution in [0.25, 0.3) is 0 Å². The molecule has 8 heteroatoms. The fraction of sp³-hybridized carbons (Fsp3) is 0.375. The molecule has 0 fully saturated rings. The van der Waals surface area contributed by atoms with E-state index in [2.05, 4.69) is 15.0 Å². The van der Waals surface area contributed by atoms with Crippen molar-refractivity contribution in [3.63, 3.8) is 0 Å². The van der Waals surface area contributed by atoms with Crippen LogP contribution in [0.3, 0.4) is 0 Å². The first kappa shape index (κ1) is 18.6. The molecule has 2 rings (SSSR count). The number of rotatable bonds is 7. The zero-order chi connectivity index (χ0) is 17.7. The Morgan fingerprint density at radius 1 is 1.21 bits per heavy atom. The van der Waals surface area contributed by atoms with Gasteiger partial charge in [0.15, 0.2) is 0 Å². The third-order valence-electron chi connectivity index (χ3n) is 3.51. The lowest BCUT2D eigenvalue weighted by Gasteiger charge is -2.14. The molecule has 1 heterocycles. The Morgan fingerprint density at radius 2 is 1.88 bits per heavy atom. The second-order valence-electron chi connectivity index (χ2n) is 5.76. The van der Waals surface area contributed by atoms with Gasteiger partial charge in [-0.2, -0.15) is 4.72 Å². The van der Waals surface area contributed by atoms with Gasteiger partial charge in [0, 0.05) is 5.38 Å². The van der Waals surface area contributed by atoms with Gasteiger partial charge in [0.05, 0.1) is 28.7 Å². The van der Waals surface area contributed by atoms with Crippen molar-refractivity contribution < 1.29 is 13.2 Å². The number of nitrogens with zero attached hydrogens (tertiary/aromatic N) is 1. The van der Waals surface area contributed by atoms with Crippen molar-refractivity contribution in [2.75, 3.05) is 0 Å². The molecule has 2 aromatic rings. The van der Waals surface area contributed by atoms with Gasteiger partial charge in [-0.3, -0.25) is 4.79 Å². The van der Waals surface area contributed by atoms with E-state index in [-0.39, 0.29) is 11.4 Å². The van der Waals surface area contributed by atoms with Crippen LogP contribution < -0.4 is 10.0 Å².